The molecule has 1 aliphatic rings. The highest BCUT2D eigenvalue weighted by atomic mass is 35.5. The average molecular weight is 423 g/mol. The maximum Gasteiger partial charge on any atom is 0.267 e. The van der Waals surface area contributed by atoms with Crippen molar-refractivity contribution in [2.24, 2.45) is 11.7 Å². The van der Waals surface area contributed by atoms with Crippen molar-refractivity contribution in [3.8, 4) is 0 Å². The van der Waals surface area contributed by atoms with Gasteiger partial charge < -0.3 is 11.1 Å². The number of fused-ring (bicyclic) bond motifs is 2. The number of nitrogens with two attached hydrogens (primary N) is 1. The SMILES string of the molecule is C[C@@H]1CCc2c(sc(NC(=O)c3sc4cc(F)ccc4c3Cl)c2C(N)=O)C1. The second kappa shape index (κ2) is 6.89. The molecule has 0 saturated heterocycles. The Kier molecular flexibility index (Phi) is 4.70. The Labute approximate surface area is 168 Å². The Morgan fingerprint density at radius 1 is 1.33 bits per heavy atom. The highest BCUT2D eigenvalue weighted by molar-refractivity contribution is 7.22. The van der Waals surface area contributed by atoms with Crippen LogP contribution in [0.25, 0.3) is 10.1 Å². The van der Waals surface area contributed by atoms with E-state index in [-0.39, 0.29) is 15.7 Å². The molecule has 0 spiro atoms. The molecule has 1 atom stereocenters. The maximum absolute atomic E-state index is 13.4. The molecule has 1 aromatic carbocycles. The van der Waals surface area contributed by atoms with Crippen LogP contribution in [0.3, 0.4) is 0 Å². The second-order valence-electron chi connectivity index (χ2n) is 6.76. The van der Waals surface area contributed by atoms with Gasteiger partial charge in [0.2, 0.25) is 0 Å². The van der Waals surface area contributed by atoms with Crippen LogP contribution in [-0.4, -0.2) is 11.8 Å². The van der Waals surface area contributed by atoms with Gasteiger partial charge in [0.05, 0.1) is 10.6 Å². The minimum atomic E-state index is -0.540. The van der Waals surface area contributed by atoms with Gasteiger partial charge in [0, 0.05) is 15.0 Å². The highest BCUT2D eigenvalue weighted by Gasteiger charge is 2.28. The Bertz CT molecular complexity index is 1090. The number of hydrogen-bond donors (Lipinski definition) is 2. The van der Waals surface area contributed by atoms with Crippen molar-refractivity contribution < 1.29 is 14.0 Å². The summed E-state index contributed by atoms with van der Waals surface area (Å²) in [6, 6.07) is 4.21. The normalized spacial score (nSPS) is 16.3. The minimum Gasteiger partial charge on any atom is -0.365 e. The minimum absolute atomic E-state index is 0.281. The first kappa shape index (κ1) is 18.4. The van der Waals surface area contributed by atoms with Crippen LogP contribution in [0, 0.1) is 11.7 Å². The summed E-state index contributed by atoms with van der Waals surface area (Å²) in [5.41, 5.74) is 6.94. The molecule has 0 fully saturated rings. The number of carbonyl (C=O) groups excluding carboxylic acids is 2. The predicted octanol–water partition coefficient (Wildman–Crippen LogP) is 5.23. The number of hydrogen-bond acceptors (Lipinski definition) is 4. The van der Waals surface area contributed by atoms with Crippen molar-refractivity contribution >= 4 is 61.2 Å². The van der Waals surface area contributed by atoms with Gasteiger partial charge in [0.1, 0.15) is 15.7 Å². The molecule has 4 nitrogen and oxygen atoms in total. The maximum atomic E-state index is 13.4. The lowest BCUT2D eigenvalue weighted by atomic mass is 9.88. The third kappa shape index (κ3) is 3.24. The second-order valence-corrected chi connectivity index (χ2v) is 9.30. The lowest BCUT2D eigenvalue weighted by Gasteiger charge is -2.18. The number of rotatable bonds is 3. The molecule has 8 heteroatoms. The quantitative estimate of drug-likeness (QED) is 0.606. The van der Waals surface area contributed by atoms with Crippen LogP contribution in [0.15, 0.2) is 18.2 Å². The Morgan fingerprint density at radius 3 is 2.85 bits per heavy atom. The van der Waals surface area contributed by atoms with Gasteiger partial charge in [-0.1, -0.05) is 18.5 Å². The molecule has 1 aliphatic carbocycles. The monoisotopic (exact) mass is 422 g/mol. The molecule has 0 saturated carbocycles. The molecule has 2 aromatic heterocycles. The van der Waals surface area contributed by atoms with E-state index in [4.69, 9.17) is 17.3 Å². The molecule has 27 heavy (non-hydrogen) atoms. The molecule has 0 unspecified atom stereocenters. The van der Waals surface area contributed by atoms with E-state index in [1.165, 1.54) is 23.5 Å². The van der Waals surface area contributed by atoms with Crippen LogP contribution in [0.4, 0.5) is 9.39 Å². The third-order valence-corrected chi connectivity index (χ3v) is 7.61. The van der Waals surface area contributed by atoms with Gasteiger partial charge in [-0.3, -0.25) is 9.59 Å². The summed E-state index contributed by atoms with van der Waals surface area (Å²) >= 11 is 8.85. The van der Waals surface area contributed by atoms with Gasteiger partial charge in [-0.15, -0.1) is 22.7 Å². The van der Waals surface area contributed by atoms with Crippen molar-refractivity contribution in [2.45, 2.75) is 26.2 Å². The number of nitrogens with one attached hydrogen (secondary N) is 1. The third-order valence-electron chi connectivity index (χ3n) is 4.78. The summed E-state index contributed by atoms with van der Waals surface area (Å²) in [5.74, 6) is -0.812. The van der Waals surface area contributed by atoms with Gasteiger partial charge >= 0.3 is 0 Å². The van der Waals surface area contributed by atoms with Crippen molar-refractivity contribution in [1.82, 2.24) is 0 Å². The van der Waals surface area contributed by atoms with Crippen LogP contribution < -0.4 is 11.1 Å². The van der Waals surface area contributed by atoms with Gasteiger partial charge in [-0.2, -0.15) is 0 Å². The lowest BCUT2D eigenvalue weighted by molar-refractivity contribution is 0.1000. The molecule has 2 heterocycles. The van der Waals surface area contributed by atoms with Crippen LogP contribution in [0.1, 0.15) is 43.8 Å². The van der Waals surface area contributed by atoms with E-state index in [9.17, 15) is 14.0 Å². The first-order valence-electron chi connectivity index (χ1n) is 8.48. The molecular weight excluding hydrogens is 407 g/mol. The zero-order valence-electron chi connectivity index (χ0n) is 14.4. The molecule has 3 aromatic rings. The number of amides is 2. The molecule has 2 amide bonds. The van der Waals surface area contributed by atoms with Crippen LogP contribution in [-0.2, 0) is 12.8 Å². The number of carbonyl (C=O) groups is 2. The summed E-state index contributed by atoms with van der Waals surface area (Å²) < 4.78 is 14.0. The van der Waals surface area contributed by atoms with E-state index >= 15 is 0 Å². The van der Waals surface area contributed by atoms with E-state index in [0.29, 0.717) is 26.6 Å². The fraction of sp³-hybridized carbons (Fsp3) is 0.263. The Balaban J connectivity index is 1.71. The van der Waals surface area contributed by atoms with Gasteiger partial charge in [0.15, 0.2) is 0 Å². The smallest absolute Gasteiger partial charge is 0.267 e. The summed E-state index contributed by atoms with van der Waals surface area (Å²) in [5, 5.41) is 4.18. The summed E-state index contributed by atoms with van der Waals surface area (Å²) in [4.78, 5) is 26.2. The zero-order valence-corrected chi connectivity index (χ0v) is 16.8. The highest BCUT2D eigenvalue weighted by Crippen LogP contribution is 2.41. The van der Waals surface area contributed by atoms with Crippen LogP contribution >= 0.6 is 34.3 Å². The fourth-order valence-corrected chi connectivity index (χ4v) is 6.29. The topological polar surface area (TPSA) is 72.2 Å². The molecule has 0 bridgehead atoms. The van der Waals surface area contributed by atoms with Crippen LogP contribution in [0.2, 0.25) is 5.02 Å². The van der Waals surface area contributed by atoms with E-state index in [0.717, 1.165) is 41.0 Å². The van der Waals surface area contributed by atoms with Crippen molar-refractivity contribution in [3.05, 3.63) is 49.9 Å². The molecule has 3 N–H and O–H groups in total. The molecular formula is C19H16ClFN2O2S2. The zero-order chi connectivity index (χ0) is 19.3. The van der Waals surface area contributed by atoms with Crippen LogP contribution in [0.5, 0.6) is 0 Å². The standard InChI is InChI=1S/C19H16ClFN2O2S2/c1-8-2-4-10-12(6-8)27-19(14(10)17(22)24)23-18(25)16-15(20)11-5-3-9(21)7-13(11)26-16/h3,5,7-8H,2,4,6H2,1H3,(H2,22,24)(H,23,25)/t8-/m1/s1. The number of primary amides is 1. The predicted molar refractivity (Wildman–Crippen MR) is 109 cm³/mol. The van der Waals surface area contributed by atoms with E-state index in [1.807, 2.05) is 0 Å². The van der Waals surface area contributed by atoms with Crippen molar-refractivity contribution in [1.29, 1.82) is 0 Å². The Morgan fingerprint density at radius 2 is 2.11 bits per heavy atom. The molecule has 4 rings (SSSR count). The summed E-state index contributed by atoms with van der Waals surface area (Å²) in [6.07, 6.45) is 2.65. The molecule has 0 aliphatic heterocycles. The van der Waals surface area contributed by atoms with Gasteiger partial charge in [-0.05, 0) is 48.9 Å². The van der Waals surface area contributed by atoms with E-state index < -0.39 is 11.8 Å². The number of benzene rings is 1. The lowest BCUT2D eigenvalue weighted by Crippen LogP contribution is -2.19. The largest absolute Gasteiger partial charge is 0.365 e. The number of anilines is 1. The first-order chi connectivity index (χ1) is 12.8. The molecule has 0 radical (unpaired) electrons. The average Bonchev–Trinajstić information content (AvgIpc) is 3.11. The molecule has 140 valence electrons. The fourth-order valence-electron chi connectivity index (χ4n) is 3.44. The van der Waals surface area contributed by atoms with Crippen molar-refractivity contribution in [2.75, 3.05) is 5.32 Å². The first-order valence-corrected chi connectivity index (χ1v) is 10.5. The summed E-state index contributed by atoms with van der Waals surface area (Å²) in [7, 11) is 0. The van der Waals surface area contributed by atoms with Gasteiger partial charge in [0.25, 0.3) is 11.8 Å². The van der Waals surface area contributed by atoms with E-state index in [1.54, 1.807) is 6.07 Å². The number of thiophene rings is 2. The van der Waals surface area contributed by atoms with E-state index in [2.05, 4.69) is 12.2 Å². The van der Waals surface area contributed by atoms with Gasteiger partial charge in [-0.25, -0.2) is 4.39 Å². The van der Waals surface area contributed by atoms with Crippen molar-refractivity contribution in [3.63, 3.8) is 0 Å². The summed E-state index contributed by atoms with van der Waals surface area (Å²) in [6.45, 7) is 2.17. The number of halogens is 2. The Hall–Kier alpha value is -1.96.